The lowest BCUT2D eigenvalue weighted by atomic mass is 9.78. The first kappa shape index (κ1) is 18.3. The number of methoxy groups -OCH3 is 1. The van der Waals surface area contributed by atoms with Crippen LogP contribution in [-0.2, 0) is 0 Å². The zero-order chi connectivity index (χ0) is 19.0. The zero-order valence-corrected chi connectivity index (χ0v) is 15.8. The maximum atomic E-state index is 14.2. The minimum absolute atomic E-state index is 0.286. The summed E-state index contributed by atoms with van der Waals surface area (Å²) in [6, 6.07) is 8.71. The quantitative estimate of drug-likeness (QED) is 0.862. The number of para-hydroxylation sites is 2. The summed E-state index contributed by atoms with van der Waals surface area (Å²) in [7, 11) is 1.60. The molecule has 0 unspecified atom stereocenters. The van der Waals surface area contributed by atoms with Crippen molar-refractivity contribution in [2.45, 2.75) is 25.0 Å². The molecule has 27 heavy (non-hydrogen) atoms. The molecular weight excluding hydrogens is 371 g/mol. The fourth-order valence-electron chi connectivity index (χ4n) is 4.21. The van der Waals surface area contributed by atoms with Crippen molar-refractivity contribution in [3.8, 4) is 11.5 Å². The van der Waals surface area contributed by atoms with Gasteiger partial charge in [0.1, 0.15) is 6.10 Å². The molecule has 1 aliphatic heterocycles. The molecule has 0 bridgehead atoms. The zero-order valence-electron chi connectivity index (χ0n) is 15.0. The van der Waals surface area contributed by atoms with Crippen molar-refractivity contribution < 1.29 is 19.0 Å². The number of nitrogens with zero attached hydrogens (tertiary/aromatic N) is 2. The number of aliphatic hydroxyl groups is 1. The van der Waals surface area contributed by atoms with Gasteiger partial charge in [0.25, 0.3) is 0 Å². The summed E-state index contributed by atoms with van der Waals surface area (Å²) in [5.41, 5.74) is 0. The van der Waals surface area contributed by atoms with Gasteiger partial charge in [0.2, 0.25) is 0 Å². The fraction of sp³-hybridized carbons (Fsp3) is 0.450. The predicted octanol–water partition coefficient (Wildman–Crippen LogP) is 3.54. The highest BCUT2D eigenvalue weighted by molar-refractivity contribution is 6.30. The molecule has 2 fully saturated rings. The van der Waals surface area contributed by atoms with E-state index in [4.69, 9.17) is 21.1 Å². The number of aromatic nitrogens is 1. The Morgan fingerprint density at radius 3 is 2.59 bits per heavy atom. The van der Waals surface area contributed by atoms with E-state index in [-0.39, 0.29) is 17.0 Å². The molecule has 4 rings (SSSR count). The minimum atomic E-state index is -0.570. The summed E-state index contributed by atoms with van der Waals surface area (Å²) >= 11 is 5.80. The van der Waals surface area contributed by atoms with Gasteiger partial charge in [0.15, 0.2) is 23.1 Å². The van der Waals surface area contributed by atoms with Crippen LogP contribution in [0.3, 0.4) is 0 Å². The Labute approximate surface area is 162 Å². The monoisotopic (exact) mass is 392 g/mol. The summed E-state index contributed by atoms with van der Waals surface area (Å²) in [5, 5.41) is 10.9. The number of halogens is 2. The number of fused-ring (bicyclic) bond motifs is 1. The summed E-state index contributed by atoms with van der Waals surface area (Å²) in [6.45, 7) is 1.36. The smallest absolute Gasteiger partial charge is 0.167 e. The van der Waals surface area contributed by atoms with Gasteiger partial charge < -0.3 is 19.5 Å². The highest BCUT2D eigenvalue weighted by Gasteiger charge is 2.43. The predicted molar refractivity (Wildman–Crippen MR) is 101 cm³/mol. The third kappa shape index (κ3) is 3.69. The maximum Gasteiger partial charge on any atom is 0.167 e. The van der Waals surface area contributed by atoms with Crippen LogP contribution in [0.25, 0.3) is 0 Å². The molecule has 7 heteroatoms. The van der Waals surface area contributed by atoms with E-state index < -0.39 is 11.9 Å². The van der Waals surface area contributed by atoms with E-state index in [1.54, 1.807) is 7.11 Å². The molecular formula is C20H22ClFN2O3. The number of benzene rings is 1. The highest BCUT2D eigenvalue weighted by Crippen LogP contribution is 2.40. The highest BCUT2D eigenvalue weighted by atomic mass is 35.5. The molecule has 0 radical (unpaired) electrons. The maximum absolute atomic E-state index is 14.2. The van der Waals surface area contributed by atoms with Crippen LogP contribution in [0.4, 0.5) is 10.2 Å². The van der Waals surface area contributed by atoms with E-state index in [2.05, 4.69) is 4.98 Å². The Morgan fingerprint density at radius 1 is 1.19 bits per heavy atom. The molecule has 144 valence electrons. The van der Waals surface area contributed by atoms with Crippen LogP contribution in [0.2, 0.25) is 5.02 Å². The number of aliphatic hydroxyl groups excluding tert-OH is 1. The molecule has 1 saturated heterocycles. The van der Waals surface area contributed by atoms with Crippen LogP contribution in [-0.4, -0.2) is 42.5 Å². The lowest BCUT2D eigenvalue weighted by Crippen LogP contribution is -2.42. The molecule has 2 heterocycles. The average molecular weight is 393 g/mol. The van der Waals surface area contributed by atoms with E-state index in [0.717, 1.165) is 0 Å². The van der Waals surface area contributed by atoms with Crippen molar-refractivity contribution in [1.29, 1.82) is 0 Å². The van der Waals surface area contributed by atoms with Crippen molar-refractivity contribution in [3.05, 3.63) is 47.4 Å². The van der Waals surface area contributed by atoms with Gasteiger partial charge in [0, 0.05) is 19.3 Å². The van der Waals surface area contributed by atoms with Gasteiger partial charge in [-0.15, -0.1) is 0 Å². The van der Waals surface area contributed by atoms with Gasteiger partial charge in [-0.25, -0.2) is 9.37 Å². The summed E-state index contributed by atoms with van der Waals surface area (Å²) in [5.74, 6) is 1.78. The van der Waals surface area contributed by atoms with Crippen LogP contribution in [0.5, 0.6) is 11.5 Å². The minimum Gasteiger partial charge on any atom is -0.493 e. The second-order valence-electron chi connectivity index (χ2n) is 7.23. The standard InChI is InChI=1S/C20H22ClFN2O3/c1-26-17-4-2-3-5-18(17)27-19-7-13-11-24(10-12(13)6-16(19)25)20-15(22)8-14(21)9-23-20/h2-5,8-9,12-13,16,19,25H,6-7,10-11H2,1H3/t12-,13+,16+,19+/m0/s1. The van der Waals surface area contributed by atoms with Crippen LogP contribution >= 0.6 is 11.6 Å². The van der Waals surface area contributed by atoms with Crippen molar-refractivity contribution in [2.24, 2.45) is 11.8 Å². The number of rotatable bonds is 4. The number of ether oxygens (including phenoxy) is 2. The van der Waals surface area contributed by atoms with E-state index in [1.165, 1.54) is 12.3 Å². The molecule has 5 nitrogen and oxygen atoms in total. The van der Waals surface area contributed by atoms with Crippen molar-refractivity contribution in [2.75, 3.05) is 25.1 Å². The number of hydrogen-bond donors (Lipinski definition) is 1. The summed E-state index contributed by atoms with van der Waals surface area (Å²) < 4.78 is 25.6. The van der Waals surface area contributed by atoms with Crippen molar-refractivity contribution in [3.63, 3.8) is 0 Å². The topological polar surface area (TPSA) is 54.8 Å². The molecule has 2 aromatic rings. The second kappa shape index (κ2) is 7.52. The molecule has 0 spiro atoms. The van der Waals surface area contributed by atoms with E-state index >= 15 is 0 Å². The Balaban J connectivity index is 1.47. The van der Waals surface area contributed by atoms with Gasteiger partial charge in [-0.2, -0.15) is 0 Å². The molecule has 1 aliphatic carbocycles. The van der Waals surface area contributed by atoms with Crippen molar-refractivity contribution in [1.82, 2.24) is 4.98 Å². The SMILES string of the molecule is COc1ccccc1O[C@@H]1C[C@@H]2CN(c3ncc(Cl)cc3F)C[C@@H]2C[C@H]1O. The number of pyridine rings is 1. The lowest BCUT2D eigenvalue weighted by Gasteiger charge is -2.35. The molecule has 1 N–H and O–H groups in total. The van der Waals surface area contributed by atoms with E-state index in [0.29, 0.717) is 49.2 Å². The normalized spacial score (nSPS) is 27.3. The van der Waals surface area contributed by atoms with Crippen LogP contribution in [0.1, 0.15) is 12.8 Å². The molecule has 1 aromatic heterocycles. The molecule has 1 saturated carbocycles. The first-order valence-electron chi connectivity index (χ1n) is 9.09. The fourth-order valence-corrected chi connectivity index (χ4v) is 4.35. The van der Waals surface area contributed by atoms with Gasteiger partial charge in [0.05, 0.1) is 18.2 Å². The Hall–Kier alpha value is -2.05. The second-order valence-corrected chi connectivity index (χ2v) is 7.67. The Bertz CT molecular complexity index is 822. The Morgan fingerprint density at radius 2 is 1.89 bits per heavy atom. The molecule has 0 amide bonds. The average Bonchev–Trinajstić information content (AvgIpc) is 3.04. The van der Waals surface area contributed by atoms with Crippen LogP contribution in [0, 0.1) is 17.7 Å². The van der Waals surface area contributed by atoms with Gasteiger partial charge in [-0.05, 0) is 42.9 Å². The van der Waals surface area contributed by atoms with E-state index in [9.17, 15) is 9.50 Å². The first-order chi connectivity index (χ1) is 13.0. The van der Waals surface area contributed by atoms with E-state index in [1.807, 2.05) is 29.2 Å². The Kier molecular flexibility index (Phi) is 5.10. The molecule has 1 aromatic carbocycles. The number of anilines is 1. The van der Waals surface area contributed by atoms with Crippen molar-refractivity contribution >= 4 is 17.4 Å². The lowest BCUT2D eigenvalue weighted by molar-refractivity contribution is -0.0240. The largest absolute Gasteiger partial charge is 0.493 e. The summed E-state index contributed by atoms with van der Waals surface area (Å²) in [6.07, 6.45) is 1.90. The summed E-state index contributed by atoms with van der Waals surface area (Å²) in [4.78, 5) is 6.10. The number of hydrogen-bond acceptors (Lipinski definition) is 5. The third-order valence-corrected chi connectivity index (χ3v) is 5.73. The molecule has 2 aliphatic rings. The van der Waals surface area contributed by atoms with Crippen LogP contribution in [0.15, 0.2) is 36.5 Å². The van der Waals surface area contributed by atoms with Gasteiger partial charge in [-0.1, -0.05) is 23.7 Å². The van der Waals surface area contributed by atoms with Crippen LogP contribution < -0.4 is 14.4 Å². The van der Waals surface area contributed by atoms with Gasteiger partial charge >= 0.3 is 0 Å². The third-order valence-electron chi connectivity index (χ3n) is 5.52. The molecule has 4 atom stereocenters. The van der Waals surface area contributed by atoms with Gasteiger partial charge in [-0.3, -0.25) is 0 Å². The first-order valence-corrected chi connectivity index (χ1v) is 9.46.